The number of rotatable bonds is 7. The normalized spacial score (nSPS) is 14.7. The first-order valence-corrected chi connectivity index (χ1v) is 7.38. The fourth-order valence-corrected chi connectivity index (χ4v) is 2.29. The zero-order valence-electron chi connectivity index (χ0n) is 10.8. The fourth-order valence-electron chi connectivity index (χ4n) is 1.67. The molecule has 0 spiro atoms. The number of aromatic nitrogens is 1. The summed E-state index contributed by atoms with van der Waals surface area (Å²) >= 11 is 1.56. The van der Waals surface area contributed by atoms with E-state index in [0.29, 0.717) is 17.7 Å². The Kier molecular flexibility index (Phi) is 5.68. The molecule has 19 heavy (non-hydrogen) atoms. The minimum absolute atomic E-state index is 0.563. The Hall–Kier alpha value is -1.56. The first-order valence-electron chi connectivity index (χ1n) is 6.40. The van der Waals surface area contributed by atoms with E-state index in [1.54, 1.807) is 18.0 Å². The number of thioether (sulfide) groups is 1. The molecule has 0 amide bonds. The lowest BCUT2D eigenvalue weighted by molar-refractivity contribution is 0.294. The number of amidine groups is 1. The highest BCUT2D eigenvalue weighted by Crippen LogP contribution is 2.12. The van der Waals surface area contributed by atoms with Crippen LogP contribution in [0.2, 0.25) is 0 Å². The van der Waals surface area contributed by atoms with Gasteiger partial charge in [0.15, 0.2) is 5.17 Å². The van der Waals surface area contributed by atoms with Crippen molar-refractivity contribution in [3.8, 4) is 5.88 Å². The summed E-state index contributed by atoms with van der Waals surface area (Å²) in [6.45, 7) is 0.712. The number of hydrogen-bond donors (Lipinski definition) is 1. The van der Waals surface area contributed by atoms with Crippen LogP contribution in [0.15, 0.2) is 34.6 Å². The van der Waals surface area contributed by atoms with Crippen LogP contribution in [0.5, 0.6) is 5.88 Å². The van der Waals surface area contributed by atoms with Crippen LogP contribution in [-0.4, -0.2) is 28.2 Å². The molecule has 5 nitrogen and oxygen atoms in total. The Bertz CT molecular complexity index is 447. The van der Waals surface area contributed by atoms with Crippen LogP contribution >= 0.6 is 11.8 Å². The van der Waals surface area contributed by atoms with E-state index in [9.17, 15) is 0 Å². The van der Waals surface area contributed by atoms with Gasteiger partial charge in [-0.05, 0) is 31.7 Å². The summed E-state index contributed by atoms with van der Waals surface area (Å²) in [5.74, 6) is 1.57. The summed E-state index contributed by atoms with van der Waals surface area (Å²) in [6.07, 6.45) is 5.99. The van der Waals surface area contributed by atoms with E-state index in [1.807, 2.05) is 18.2 Å². The van der Waals surface area contributed by atoms with Crippen LogP contribution in [0, 0.1) is 0 Å². The Labute approximate surface area is 117 Å². The van der Waals surface area contributed by atoms with Crippen LogP contribution in [0.3, 0.4) is 0 Å². The number of ether oxygens (including phenoxy) is 1. The lowest BCUT2D eigenvalue weighted by Gasteiger charge is -2.08. The Morgan fingerprint density at radius 1 is 1.21 bits per heavy atom. The first kappa shape index (κ1) is 13.9. The fraction of sp³-hybridized carbons (Fsp3) is 0.462. The second kappa shape index (κ2) is 7.78. The molecule has 0 aromatic carbocycles. The van der Waals surface area contributed by atoms with Gasteiger partial charge >= 0.3 is 0 Å². The zero-order chi connectivity index (χ0) is 13.3. The minimum Gasteiger partial charge on any atom is -0.478 e. The SMILES string of the molecule is NC1=NN=C(CCCCCOc2ccccn2)CS1. The van der Waals surface area contributed by atoms with E-state index in [4.69, 9.17) is 10.5 Å². The maximum atomic E-state index is 5.53. The van der Waals surface area contributed by atoms with E-state index in [2.05, 4.69) is 15.2 Å². The number of pyridine rings is 1. The predicted octanol–water partition coefficient (Wildman–Crippen LogP) is 2.44. The molecule has 1 aromatic heterocycles. The molecule has 2 N–H and O–H groups in total. The highest BCUT2D eigenvalue weighted by atomic mass is 32.2. The monoisotopic (exact) mass is 278 g/mol. The van der Waals surface area contributed by atoms with Crippen molar-refractivity contribution in [2.75, 3.05) is 12.4 Å². The molecular formula is C13H18N4OS. The number of nitrogens with two attached hydrogens (primary N) is 1. The van der Waals surface area contributed by atoms with Crippen LogP contribution in [-0.2, 0) is 0 Å². The van der Waals surface area contributed by atoms with Crippen molar-refractivity contribution in [2.45, 2.75) is 25.7 Å². The molecule has 2 rings (SSSR count). The Morgan fingerprint density at radius 3 is 2.89 bits per heavy atom. The van der Waals surface area contributed by atoms with Gasteiger partial charge in [0.05, 0.1) is 12.3 Å². The topological polar surface area (TPSA) is 72.9 Å². The quantitative estimate of drug-likeness (QED) is 0.777. The largest absolute Gasteiger partial charge is 0.478 e. The molecule has 0 bridgehead atoms. The van der Waals surface area contributed by atoms with Gasteiger partial charge in [0.2, 0.25) is 5.88 Å². The molecule has 0 radical (unpaired) electrons. The van der Waals surface area contributed by atoms with Gasteiger partial charge < -0.3 is 10.5 Å². The molecule has 0 atom stereocenters. The number of unbranched alkanes of at least 4 members (excludes halogenated alkanes) is 2. The van der Waals surface area contributed by atoms with Gasteiger partial charge in [-0.25, -0.2) is 4.98 Å². The average molecular weight is 278 g/mol. The summed E-state index contributed by atoms with van der Waals surface area (Å²) in [5.41, 5.74) is 6.66. The molecular weight excluding hydrogens is 260 g/mol. The third-order valence-corrected chi connectivity index (χ3v) is 3.53. The predicted molar refractivity (Wildman–Crippen MR) is 79.7 cm³/mol. The van der Waals surface area contributed by atoms with Gasteiger partial charge in [0, 0.05) is 18.0 Å². The van der Waals surface area contributed by atoms with Gasteiger partial charge in [0.1, 0.15) is 0 Å². The van der Waals surface area contributed by atoms with Gasteiger partial charge in [0.25, 0.3) is 0 Å². The molecule has 1 aromatic rings. The molecule has 2 heterocycles. The zero-order valence-corrected chi connectivity index (χ0v) is 11.6. The minimum atomic E-state index is 0.563. The van der Waals surface area contributed by atoms with Crippen molar-refractivity contribution in [2.24, 2.45) is 15.9 Å². The molecule has 102 valence electrons. The highest BCUT2D eigenvalue weighted by molar-refractivity contribution is 8.14. The molecule has 6 heteroatoms. The van der Waals surface area contributed by atoms with E-state index in [1.165, 1.54) is 0 Å². The van der Waals surface area contributed by atoms with Crippen molar-refractivity contribution in [1.82, 2.24) is 4.98 Å². The van der Waals surface area contributed by atoms with Crippen LogP contribution in [0.25, 0.3) is 0 Å². The smallest absolute Gasteiger partial charge is 0.213 e. The maximum Gasteiger partial charge on any atom is 0.213 e. The molecule has 0 saturated carbocycles. The van der Waals surface area contributed by atoms with E-state index in [-0.39, 0.29) is 0 Å². The van der Waals surface area contributed by atoms with Crippen LogP contribution in [0.1, 0.15) is 25.7 Å². The average Bonchev–Trinajstić information content (AvgIpc) is 2.46. The van der Waals surface area contributed by atoms with E-state index in [0.717, 1.165) is 37.1 Å². The summed E-state index contributed by atoms with van der Waals surface area (Å²) in [5, 5.41) is 8.53. The van der Waals surface area contributed by atoms with Crippen molar-refractivity contribution < 1.29 is 4.74 Å². The van der Waals surface area contributed by atoms with Gasteiger partial charge in [-0.3, -0.25) is 0 Å². The van der Waals surface area contributed by atoms with Crippen molar-refractivity contribution in [3.63, 3.8) is 0 Å². The molecule has 0 aliphatic carbocycles. The second-order valence-corrected chi connectivity index (χ2v) is 5.22. The second-order valence-electron chi connectivity index (χ2n) is 4.22. The first-order chi connectivity index (χ1) is 9.34. The summed E-state index contributed by atoms with van der Waals surface area (Å²) in [6, 6.07) is 5.68. The van der Waals surface area contributed by atoms with Gasteiger partial charge in [-0.1, -0.05) is 17.8 Å². The van der Waals surface area contributed by atoms with Crippen LogP contribution in [0.4, 0.5) is 0 Å². The molecule has 0 fully saturated rings. The van der Waals surface area contributed by atoms with Gasteiger partial charge in [-0.2, -0.15) is 5.10 Å². The van der Waals surface area contributed by atoms with Crippen molar-refractivity contribution in [3.05, 3.63) is 24.4 Å². The lowest BCUT2D eigenvalue weighted by Crippen LogP contribution is -2.15. The standard InChI is InChI=1S/C13H18N4OS/c14-13-17-16-11(10-19-13)6-2-1-5-9-18-12-7-3-4-8-15-12/h3-4,7-8H,1-2,5-6,9-10H2,(H2,14,17). The molecule has 1 aliphatic heterocycles. The summed E-state index contributed by atoms with van der Waals surface area (Å²) in [4.78, 5) is 4.11. The molecule has 0 saturated heterocycles. The number of hydrogen-bond acceptors (Lipinski definition) is 6. The molecule has 1 aliphatic rings. The Balaban J connectivity index is 1.53. The summed E-state index contributed by atoms with van der Waals surface area (Å²) in [7, 11) is 0. The van der Waals surface area contributed by atoms with Gasteiger partial charge in [-0.15, -0.1) is 5.10 Å². The molecule has 0 unspecified atom stereocenters. The van der Waals surface area contributed by atoms with E-state index >= 15 is 0 Å². The lowest BCUT2D eigenvalue weighted by atomic mass is 10.1. The van der Waals surface area contributed by atoms with Crippen molar-refractivity contribution >= 4 is 22.6 Å². The third kappa shape index (κ3) is 5.30. The van der Waals surface area contributed by atoms with E-state index < -0.39 is 0 Å². The summed E-state index contributed by atoms with van der Waals surface area (Å²) < 4.78 is 5.53. The third-order valence-electron chi connectivity index (χ3n) is 2.67. The Morgan fingerprint density at radius 2 is 2.16 bits per heavy atom. The highest BCUT2D eigenvalue weighted by Gasteiger charge is 2.07. The van der Waals surface area contributed by atoms with Crippen LogP contribution < -0.4 is 10.5 Å². The number of nitrogens with zero attached hydrogens (tertiary/aromatic N) is 3. The van der Waals surface area contributed by atoms with Crippen molar-refractivity contribution in [1.29, 1.82) is 0 Å². The maximum absolute atomic E-state index is 5.53.